The topological polar surface area (TPSA) is 17.3 Å². The zero-order valence-corrected chi connectivity index (χ0v) is 6.38. The lowest BCUT2D eigenvalue weighted by molar-refractivity contribution is 0.557. The van der Waals surface area contributed by atoms with Crippen molar-refractivity contribution in [3.05, 3.63) is 35.8 Å². The maximum absolute atomic E-state index is 12.8. The Balaban J connectivity index is 2.92. The Bertz CT molecular complexity index is 434. The third-order valence-corrected chi connectivity index (χ3v) is 1.71. The summed E-state index contributed by atoms with van der Waals surface area (Å²) in [5.41, 5.74) is 1.08. The van der Waals surface area contributed by atoms with E-state index in [2.05, 4.69) is 4.98 Å². The summed E-state index contributed by atoms with van der Waals surface area (Å²) in [5, 5.41) is 0. The molecule has 0 aliphatic rings. The molecule has 2 aromatic rings. The second kappa shape index (κ2) is 2.27. The Kier molecular flexibility index (Phi) is 1.36. The molecule has 0 N–H and O–H groups in total. The number of aromatic nitrogens is 2. The van der Waals surface area contributed by atoms with Gasteiger partial charge in [0.05, 0.1) is 6.20 Å². The predicted molar refractivity (Wildman–Crippen MR) is 39.8 cm³/mol. The molecule has 4 heteroatoms. The molecule has 0 saturated carbocycles. The van der Waals surface area contributed by atoms with E-state index in [-0.39, 0.29) is 0 Å². The first kappa shape index (κ1) is 7.21. The molecule has 12 heavy (non-hydrogen) atoms. The molecule has 2 heterocycles. The van der Waals surface area contributed by atoms with Crippen LogP contribution in [0.4, 0.5) is 8.78 Å². The van der Waals surface area contributed by atoms with Crippen molar-refractivity contribution in [3.63, 3.8) is 0 Å². The maximum Gasteiger partial charge on any atom is 0.218 e. The molecule has 2 aromatic heterocycles. The second-order valence-corrected chi connectivity index (χ2v) is 2.62. The number of rotatable bonds is 0. The minimum atomic E-state index is -0.549. The summed E-state index contributed by atoms with van der Waals surface area (Å²) in [4.78, 5) is 3.78. The van der Waals surface area contributed by atoms with Gasteiger partial charge in [-0.1, -0.05) is 0 Å². The molecule has 0 unspecified atom stereocenters. The quantitative estimate of drug-likeness (QED) is 0.587. The van der Waals surface area contributed by atoms with Crippen LogP contribution in [-0.4, -0.2) is 9.38 Å². The van der Waals surface area contributed by atoms with Gasteiger partial charge in [0.25, 0.3) is 0 Å². The first-order valence-corrected chi connectivity index (χ1v) is 3.47. The van der Waals surface area contributed by atoms with Gasteiger partial charge in [0.15, 0.2) is 0 Å². The summed E-state index contributed by atoms with van der Waals surface area (Å²) in [7, 11) is 0. The van der Waals surface area contributed by atoms with Crippen molar-refractivity contribution in [2.75, 3.05) is 0 Å². The van der Waals surface area contributed by atoms with Gasteiger partial charge < -0.3 is 0 Å². The fourth-order valence-electron chi connectivity index (χ4n) is 1.19. The van der Waals surface area contributed by atoms with Gasteiger partial charge >= 0.3 is 0 Å². The van der Waals surface area contributed by atoms with Gasteiger partial charge in [0.1, 0.15) is 11.5 Å². The zero-order valence-electron chi connectivity index (χ0n) is 6.38. The minimum absolute atomic E-state index is 0.453. The van der Waals surface area contributed by atoms with E-state index in [1.807, 2.05) is 0 Å². The van der Waals surface area contributed by atoms with Crippen molar-refractivity contribution in [1.29, 1.82) is 0 Å². The normalized spacial score (nSPS) is 10.9. The summed E-state index contributed by atoms with van der Waals surface area (Å²) < 4.78 is 26.7. The number of pyridine rings is 1. The van der Waals surface area contributed by atoms with E-state index in [0.29, 0.717) is 11.2 Å². The lowest BCUT2D eigenvalue weighted by Gasteiger charge is -1.97. The highest BCUT2D eigenvalue weighted by molar-refractivity contribution is 5.46. The highest BCUT2D eigenvalue weighted by Gasteiger charge is 2.05. The number of aryl methyl sites for hydroxylation is 1. The number of halogens is 2. The van der Waals surface area contributed by atoms with Crippen LogP contribution in [0.15, 0.2) is 18.5 Å². The number of imidazole rings is 1. The van der Waals surface area contributed by atoms with Gasteiger partial charge in [-0.05, 0) is 18.6 Å². The molecule has 0 atom stereocenters. The van der Waals surface area contributed by atoms with Crippen LogP contribution in [0.2, 0.25) is 0 Å². The fourth-order valence-corrected chi connectivity index (χ4v) is 1.19. The van der Waals surface area contributed by atoms with Gasteiger partial charge in [-0.25, -0.2) is 9.37 Å². The van der Waals surface area contributed by atoms with Crippen LogP contribution in [0.25, 0.3) is 5.65 Å². The average Bonchev–Trinajstić information content (AvgIpc) is 2.33. The number of nitrogens with zero attached hydrogens (tertiary/aromatic N) is 2. The zero-order chi connectivity index (χ0) is 8.72. The Labute approximate surface area is 67.5 Å². The number of hydrogen-bond donors (Lipinski definition) is 0. The van der Waals surface area contributed by atoms with Gasteiger partial charge in [-0.2, -0.15) is 4.39 Å². The molecule has 0 aliphatic carbocycles. The van der Waals surface area contributed by atoms with Crippen LogP contribution in [0.5, 0.6) is 0 Å². The third kappa shape index (κ3) is 0.879. The van der Waals surface area contributed by atoms with Gasteiger partial charge in [0, 0.05) is 6.20 Å². The second-order valence-electron chi connectivity index (χ2n) is 2.62. The van der Waals surface area contributed by atoms with Gasteiger partial charge in [0.2, 0.25) is 5.95 Å². The lowest BCUT2D eigenvalue weighted by Crippen LogP contribution is -1.92. The van der Waals surface area contributed by atoms with Crippen LogP contribution >= 0.6 is 0 Å². The molecule has 0 fully saturated rings. The van der Waals surface area contributed by atoms with Crippen molar-refractivity contribution >= 4 is 5.65 Å². The SMILES string of the molecule is Cc1cc(F)cn2c(F)cnc12. The molecular formula is C8H6F2N2. The molecule has 0 bridgehead atoms. The number of fused-ring (bicyclic) bond motifs is 1. The summed E-state index contributed by atoms with van der Waals surface area (Å²) in [6.45, 7) is 1.69. The number of hydrogen-bond acceptors (Lipinski definition) is 1. The fraction of sp³-hybridized carbons (Fsp3) is 0.125. The van der Waals surface area contributed by atoms with Crippen LogP contribution in [-0.2, 0) is 0 Å². The Morgan fingerprint density at radius 1 is 1.42 bits per heavy atom. The molecule has 0 aromatic carbocycles. The molecule has 0 spiro atoms. The summed E-state index contributed by atoms with van der Waals surface area (Å²) >= 11 is 0. The van der Waals surface area contributed by atoms with E-state index in [0.717, 1.165) is 16.8 Å². The Hall–Kier alpha value is -1.45. The molecule has 0 amide bonds. The van der Waals surface area contributed by atoms with Crippen molar-refractivity contribution in [2.45, 2.75) is 6.92 Å². The molecule has 62 valence electrons. The van der Waals surface area contributed by atoms with Crippen LogP contribution in [0.1, 0.15) is 5.56 Å². The summed E-state index contributed by atoms with van der Waals surface area (Å²) in [6.07, 6.45) is 2.15. The van der Waals surface area contributed by atoms with Crippen LogP contribution in [0.3, 0.4) is 0 Å². The largest absolute Gasteiger partial charge is 0.273 e. The minimum Gasteiger partial charge on any atom is -0.273 e. The first-order chi connectivity index (χ1) is 5.68. The van der Waals surface area contributed by atoms with Crippen molar-refractivity contribution in [3.8, 4) is 0 Å². The van der Waals surface area contributed by atoms with Gasteiger partial charge in [-0.3, -0.25) is 4.40 Å². The smallest absolute Gasteiger partial charge is 0.218 e. The molecule has 2 nitrogen and oxygen atoms in total. The first-order valence-electron chi connectivity index (χ1n) is 3.47. The van der Waals surface area contributed by atoms with Gasteiger partial charge in [-0.15, -0.1) is 0 Å². The average molecular weight is 168 g/mol. The maximum atomic E-state index is 12.8. The van der Waals surface area contributed by atoms with E-state index in [1.165, 1.54) is 6.07 Å². The van der Waals surface area contributed by atoms with Crippen molar-refractivity contribution < 1.29 is 8.78 Å². The molecule has 0 radical (unpaired) electrons. The highest BCUT2D eigenvalue weighted by atomic mass is 19.1. The summed E-state index contributed by atoms with van der Waals surface area (Å²) in [5.74, 6) is -1.01. The summed E-state index contributed by atoms with van der Waals surface area (Å²) in [6, 6.07) is 1.32. The Morgan fingerprint density at radius 3 is 2.92 bits per heavy atom. The predicted octanol–water partition coefficient (Wildman–Crippen LogP) is 1.92. The Morgan fingerprint density at radius 2 is 2.17 bits per heavy atom. The molecular weight excluding hydrogens is 162 g/mol. The molecule has 2 rings (SSSR count). The van der Waals surface area contributed by atoms with Crippen LogP contribution in [0, 0.1) is 18.7 Å². The van der Waals surface area contributed by atoms with E-state index in [4.69, 9.17) is 0 Å². The third-order valence-electron chi connectivity index (χ3n) is 1.71. The van der Waals surface area contributed by atoms with E-state index in [1.54, 1.807) is 6.92 Å². The van der Waals surface area contributed by atoms with Crippen LogP contribution < -0.4 is 0 Å². The van der Waals surface area contributed by atoms with Crippen molar-refractivity contribution in [2.24, 2.45) is 0 Å². The highest BCUT2D eigenvalue weighted by Crippen LogP contribution is 2.11. The van der Waals surface area contributed by atoms with E-state index >= 15 is 0 Å². The molecule has 0 aliphatic heterocycles. The van der Waals surface area contributed by atoms with E-state index in [9.17, 15) is 8.78 Å². The lowest BCUT2D eigenvalue weighted by atomic mass is 10.3. The van der Waals surface area contributed by atoms with E-state index < -0.39 is 11.8 Å². The van der Waals surface area contributed by atoms with Crippen molar-refractivity contribution in [1.82, 2.24) is 9.38 Å². The molecule has 0 saturated heterocycles. The standard InChI is InChI=1S/C8H6F2N2/c1-5-2-6(9)4-12-7(10)3-11-8(5)12/h2-4H,1H3. The monoisotopic (exact) mass is 168 g/mol.